The van der Waals surface area contributed by atoms with Crippen LogP contribution in [-0.4, -0.2) is 24.9 Å². The van der Waals surface area contributed by atoms with Crippen LogP contribution in [0.5, 0.6) is 0 Å². The van der Waals surface area contributed by atoms with Gasteiger partial charge in [0, 0.05) is 20.2 Å². The normalized spacial score (nSPS) is 11.4. The van der Waals surface area contributed by atoms with Gasteiger partial charge in [-0.3, -0.25) is 4.79 Å². The molecule has 0 saturated carbocycles. The van der Waals surface area contributed by atoms with Gasteiger partial charge < -0.3 is 4.90 Å². The average Bonchev–Trinajstić information content (AvgIpc) is 2.21. The monoisotopic (exact) mass is 209 g/mol. The lowest BCUT2D eigenvalue weighted by Crippen LogP contribution is -2.18. The highest BCUT2D eigenvalue weighted by molar-refractivity contribution is 5.87. The van der Waals surface area contributed by atoms with Gasteiger partial charge in [-0.15, -0.1) is 0 Å². The number of rotatable bonds is 7. The van der Waals surface area contributed by atoms with Crippen LogP contribution in [0.25, 0.3) is 0 Å². The molecule has 0 aliphatic carbocycles. The Kier molecular flexibility index (Phi) is 8.84. The molecule has 1 amide bonds. The lowest BCUT2D eigenvalue weighted by atomic mass is 10.1. The van der Waals surface area contributed by atoms with Gasteiger partial charge in [-0.1, -0.05) is 44.4 Å². The van der Waals surface area contributed by atoms with Crippen LogP contribution in [0.15, 0.2) is 24.3 Å². The second-order valence-corrected chi connectivity index (χ2v) is 3.87. The summed E-state index contributed by atoms with van der Waals surface area (Å²) in [6.07, 6.45) is 13.7. The number of unbranched alkanes of at least 4 members (excludes halogenated alkanes) is 4. The van der Waals surface area contributed by atoms with Crippen molar-refractivity contribution in [2.75, 3.05) is 14.1 Å². The summed E-state index contributed by atoms with van der Waals surface area (Å²) in [5.74, 6) is 0.0330. The summed E-state index contributed by atoms with van der Waals surface area (Å²) < 4.78 is 0. The Hall–Kier alpha value is -1.05. The van der Waals surface area contributed by atoms with Crippen LogP contribution in [0, 0.1) is 0 Å². The first-order valence-electron chi connectivity index (χ1n) is 5.73. The lowest BCUT2D eigenvalue weighted by molar-refractivity contribution is -0.123. The fourth-order valence-electron chi connectivity index (χ4n) is 1.15. The Labute approximate surface area is 93.7 Å². The van der Waals surface area contributed by atoms with Crippen molar-refractivity contribution in [3.8, 4) is 0 Å². The summed E-state index contributed by atoms with van der Waals surface area (Å²) in [6, 6.07) is 0. The summed E-state index contributed by atoms with van der Waals surface area (Å²) in [5.41, 5.74) is 0. The Morgan fingerprint density at radius 1 is 1.13 bits per heavy atom. The van der Waals surface area contributed by atoms with Crippen molar-refractivity contribution in [1.29, 1.82) is 0 Å². The highest BCUT2D eigenvalue weighted by Gasteiger charge is 1.93. The van der Waals surface area contributed by atoms with Crippen molar-refractivity contribution in [3.05, 3.63) is 24.3 Å². The number of amides is 1. The zero-order valence-corrected chi connectivity index (χ0v) is 10.2. The molecule has 0 heterocycles. The molecule has 0 aromatic heterocycles. The molecule has 0 bridgehead atoms. The van der Waals surface area contributed by atoms with Crippen molar-refractivity contribution in [1.82, 2.24) is 4.90 Å². The zero-order chi connectivity index (χ0) is 11.5. The van der Waals surface area contributed by atoms with Crippen molar-refractivity contribution in [3.63, 3.8) is 0 Å². The smallest absolute Gasteiger partial charge is 0.246 e. The Bertz CT molecular complexity index is 217. The highest BCUT2D eigenvalue weighted by Crippen LogP contribution is 2.02. The number of carbonyl (C=O) groups excluding carboxylic acids is 1. The van der Waals surface area contributed by atoms with Crippen LogP contribution < -0.4 is 0 Å². The maximum atomic E-state index is 11.1. The molecular formula is C13H23NO. The fourth-order valence-corrected chi connectivity index (χ4v) is 1.15. The topological polar surface area (TPSA) is 20.3 Å². The number of hydrogen-bond acceptors (Lipinski definition) is 1. The van der Waals surface area contributed by atoms with Crippen LogP contribution in [0.4, 0.5) is 0 Å². The van der Waals surface area contributed by atoms with Crippen LogP contribution >= 0.6 is 0 Å². The molecule has 86 valence electrons. The lowest BCUT2D eigenvalue weighted by Gasteiger charge is -2.04. The standard InChI is InChI=1S/C13H23NO/c1-4-5-6-7-8-9-10-11-12-13(15)14(2)3/h9-12H,4-8H2,1-3H3/b10-9+,12-11+. The van der Waals surface area contributed by atoms with E-state index in [1.807, 2.05) is 12.2 Å². The molecule has 0 N–H and O–H groups in total. The maximum Gasteiger partial charge on any atom is 0.246 e. The van der Waals surface area contributed by atoms with Crippen molar-refractivity contribution < 1.29 is 4.79 Å². The Balaban J connectivity index is 3.49. The van der Waals surface area contributed by atoms with Crippen molar-refractivity contribution >= 4 is 5.91 Å². The summed E-state index contributed by atoms with van der Waals surface area (Å²) in [5, 5.41) is 0. The zero-order valence-electron chi connectivity index (χ0n) is 10.2. The van der Waals surface area contributed by atoms with Crippen LogP contribution in [0.2, 0.25) is 0 Å². The van der Waals surface area contributed by atoms with Gasteiger partial charge in [0.2, 0.25) is 5.91 Å². The first kappa shape index (κ1) is 13.9. The molecule has 0 spiro atoms. The van der Waals surface area contributed by atoms with E-state index in [2.05, 4.69) is 13.0 Å². The SMILES string of the molecule is CCCCCC/C=C/C=C/C(=O)N(C)C. The van der Waals surface area contributed by atoms with Crippen molar-refractivity contribution in [2.24, 2.45) is 0 Å². The average molecular weight is 209 g/mol. The molecule has 0 saturated heterocycles. The van der Waals surface area contributed by atoms with Gasteiger partial charge in [0.25, 0.3) is 0 Å². The first-order chi connectivity index (χ1) is 7.18. The molecule has 2 nitrogen and oxygen atoms in total. The molecule has 2 heteroatoms. The van der Waals surface area contributed by atoms with Gasteiger partial charge >= 0.3 is 0 Å². The van der Waals surface area contributed by atoms with Crippen LogP contribution in [-0.2, 0) is 4.79 Å². The molecule has 0 unspecified atom stereocenters. The highest BCUT2D eigenvalue weighted by atomic mass is 16.2. The molecule has 15 heavy (non-hydrogen) atoms. The van der Waals surface area contributed by atoms with E-state index < -0.39 is 0 Å². The molecule has 0 aliphatic rings. The number of hydrogen-bond donors (Lipinski definition) is 0. The summed E-state index contributed by atoms with van der Waals surface area (Å²) in [6.45, 7) is 2.21. The first-order valence-corrected chi connectivity index (χ1v) is 5.73. The summed E-state index contributed by atoms with van der Waals surface area (Å²) >= 11 is 0. The molecule has 0 aromatic rings. The van der Waals surface area contributed by atoms with Gasteiger partial charge in [-0.05, 0) is 12.8 Å². The number of carbonyl (C=O) groups is 1. The Morgan fingerprint density at radius 2 is 1.87 bits per heavy atom. The van der Waals surface area contributed by atoms with Gasteiger partial charge in [0.05, 0.1) is 0 Å². The van der Waals surface area contributed by atoms with E-state index in [9.17, 15) is 4.79 Å². The second kappa shape index (κ2) is 9.50. The maximum absolute atomic E-state index is 11.1. The minimum Gasteiger partial charge on any atom is -0.345 e. The minimum atomic E-state index is 0.0330. The Morgan fingerprint density at radius 3 is 2.47 bits per heavy atom. The quantitative estimate of drug-likeness (QED) is 0.358. The van der Waals surface area contributed by atoms with Gasteiger partial charge in [-0.2, -0.15) is 0 Å². The molecular weight excluding hydrogens is 186 g/mol. The van der Waals surface area contributed by atoms with E-state index in [0.29, 0.717) is 0 Å². The molecule has 0 fully saturated rings. The number of nitrogens with zero attached hydrogens (tertiary/aromatic N) is 1. The summed E-state index contributed by atoms with van der Waals surface area (Å²) in [7, 11) is 3.50. The third kappa shape index (κ3) is 9.26. The number of likely N-dealkylation sites (N-methyl/N-ethyl adjacent to an activating group) is 1. The third-order valence-corrected chi connectivity index (χ3v) is 2.15. The minimum absolute atomic E-state index is 0.0330. The predicted octanol–water partition coefficient (Wildman–Crippen LogP) is 3.16. The van der Waals surface area contributed by atoms with E-state index in [1.54, 1.807) is 25.1 Å². The fraction of sp³-hybridized carbons (Fsp3) is 0.615. The molecule has 0 rings (SSSR count). The van der Waals surface area contributed by atoms with E-state index in [1.165, 1.54) is 25.7 Å². The summed E-state index contributed by atoms with van der Waals surface area (Å²) in [4.78, 5) is 12.7. The molecule has 0 atom stereocenters. The largest absolute Gasteiger partial charge is 0.345 e. The molecule has 0 radical (unpaired) electrons. The van der Waals surface area contributed by atoms with Crippen LogP contribution in [0.1, 0.15) is 39.0 Å². The van der Waals surface area contributed by atoms with E-state index in [0.717, 1.165) is 6.42 Å². The van der Waals surface area contributed by atoms with Gasteiger partial charge in [0.1, 0.15) is 0 Å². The van der Waals surface area contributed by atoms with E-state index in [-0.39, 0.29) is 5.91 Å². The van der Waals surface area contributed by atoms with E-state index in [4.69, 9.17) is 0 Å². The second-order valence-electron chi connectivity index (χ2n) is 3.87. The van der Waals surface area contributed by atoms with Gasteiger partial charge in [-0.25, -0.2) is 0 Å². The number of allylic oxidation sites excluding steroid dienone is 3. The van der Waals surface area contributed by atoms with Crippen LogP contribution in [0.3, 0.4) is 0 Å². The molecule has 0 aromatic carbocycles. The third-order valence-electron chi connectivity index (χ3n) is 2.15. The van der Waals surface area contributed by atoms with E-state index >= 15 is 0 Å². The van der Waals surface area contributed by atoms with Gasteiger partial charge in [0.15, 0.2) is 0 Å². The molecule has 0 aliphatic heterocycles. The predicted molar refractivity (Wildman–Crippen MR) is 65.7 cm³/mol. The van der Waals surface area contributed by atoms with Crippen molar-refractivity contribution in [2.45, 2.75) is 39.0 Å².